The van der Waals surface area contributed by atoms with E-state index in [2.05, 4.69) is 33.0 Å². The fourth-order valence-electron chi connectivity index (χ4n) is 2.40. The summed E-state index contributed by atoms with van der Waals surface area (Å²) in [7, 11) is 1.57. The molecule has 114 valence electrons. The molecule has 0 amide bonds. The highest BCUT2D eigenvalue weighted by Crippen LogP contribution is 2.29. The standard InChI is InChI=1S/C17H29NO2/c1-12(2)7-6-8-13(3)18-14(4)15-9-10-16(19)17(11-15)20-5/h9-14,18-19H,6-8H2,1-5H3. The molecular formula is C17H29NO2. The molecule has 0 saturated carbocycles. The molecule has 0 saturated heterocycles. The molecule has 0 aliphatic carbocycles. The van der Waals surface area contributed by atoms with Crippen LogP contribution in [0.5, 0.6) is 11.5 Å². The highest BCUT2D eigenvalue weighted by molar-refractivity contribution is 5.42. The fourth-order valence-corrected chi connectivity index (χ4v) is 2.40. The van der Waals surface area contributed by atoms with Gasteiger partial charge in [-0.3, -0.25) is 0 Å². The summed E-state index contributed by atoms with van der Waals surface area (Å²) in [6.45, 7) is 8.91. The Kier molecular flexibility index (Phi) is 6.86. The first-order valence-electron chi connectivity index (χ1n) is 7.57. The third-order valence-electron chi connectivity index (χ3n) is 3.66. The first-order valence-corrected chi connectivity index (χ1v) is 7.57. The average molecular weight is 279 g/mol. The first kappa shape index (κ1) is 16.8. The Morgan fingerprint density at radius 3 is 2.45 bits per heavy atom. The molecule has 1 rings (SSSR count). The number of hydrogen-bond acceptors (Lipinski definition) is 3. The molecule has 2 N–H and O–H groups in total. The van der Waals surface area contributed by atoms with Crippen LogP contribution in [0.2, 0.25) is 0 Å². The van der Waals surface area contributed by atoms with Gasteiger partial charge in [-0.15, -0.1) is 0 Å². The van der Waals surface area contributed by atoms with E-state index < -0.39 is 0 Å². The second kappa shape index (κ2) is 8.15. The van der Waals surface area contributed by atoms with Crippen molar-refractivity contribution in [1.29, 1.82) is 0 Å². The Hall–Kier alpha value is -1.22. The van der Waals surface area contributed by atoms with Crippen LogP contribution >= 0.6 is 0 Å². The smallest absolute Gasteiger partial charge is 0.160 e. The molecule has 0 fully saturated rings. The van der Waals surface area contributed by atoms with Crippen LogP contribution < -0.4 is 10.1 Å². The number of ether oxygens (including phenoxy) is 1. The van der Waals surface area contributed by atoms with Gasteiger partial charge in [-0.25, -0.2) is 0 Å². The maximum atomic E-state index is 9.62. The Balaban J connectivity index is 2.51. The number of phenolic OH excluding ortho intramolecular Hbond substituents is 1. The minimum absolute atomic E-state index is 0.188. The summed E-state index contributed by atoms with van der Waals surface area (Å²) >= 11 is 0. The highest BCUT2D eigenvalue weighted by atomic mass is 16.5. The molecule has 0 aliphatic rings. The van der Waals surface area contributed by atoms with Crippen LogP contribution in [-0.2, 0) is 0 Å². The Morgan fingerprint density at radius 1 is 1.15 bits per heavy atom. The molecule has 3 heteroatoms. The lowest BCUT2D eigenvalue weighted by Gasteiger charge is -2.21. The molecule has 1 aromatic rings. The molecule has 0 spiro atoms. The van der Waals surface area contributed by atoms with E-state index in [0.29, 0.717) is 11.8 Å². The van der Waals surface area contributed by atoms with E-state index in [4.69, 9.17) is 4.74 Å². The summed E-state index contributed by atoms with van der Waals surface area (Å²) in [5, 5.41) is 13.2. The normalized spacial score (nSPS) is 14.3. The van der Waals surface area contributed by atoms with Gasteiger partial charge in [0.1, 0.15) is 0 Å². The Bertz CT molecular complexity index is 404. The van der Waals surface area contributed by atoms with Gasteiger partial charge in [0.2, 0.25) is 0 Å². The molecule has 0 radical (unpaired) electrons. The number of phenols is 1. The summed E-state index contributed by atoms with van der Waals surface area (Å²) in [6, 6.07) is 6.27. The molecule has 3 nitrogen and oxygen atoms in total. The zero-order valence-electron chi connectivity index (χ0n) is 13.4. The van der Waals surface area contributed by atoms with E-state index in [9.17, 15) is 5.11 Å². The lowest BCUT2D eigenvalue weighted by atomic mass is 10.0. The first-order chi connectivity index (χ1) is 9.43. The molecular weight excluding hydrogens is 250 g/mol. The number of benzene rings is 1. The maximum Gasteiger partial charge on any atom is 0.160 e. The van der Waals surface area contributed by atoms with Gasteiger partial charge >= 0.3 is 0 Å². The van der Waals surface area contributed by atoms with Gasteiger partial charge in [-0.05, 0) is 43.9 Å². The number of rotatable bonds is 8. The summed E-state index contributed by atoms with van der Waals surface area (Å²) in [6.07, 6.45) is 3.74. The van der Waals surface area contributed by atoms with Crippen molar-refractivity contribution in [3.05, 3.63) is 23.8 Å². The van der Waals surface area contributed by atoms with Crippen molar-refractivity contribution in [2.75, 3.05) is 7.11 Å². The number of methoxy groups -OCH3 is 1. The molecule has 0 aromatic heterocycles. The number of nitrogens with one attached hydrogen (secondary N) is 1. The molecule has 20 heavy (non-hydrogen) atoms. The Morgan fingerprint density at radius 2 is 1.85 bits per heavy atom. The van der Waals surface area contributed by atoms with Crippen LogP contribution in [0, 0.1) is 5.92 Å². The number of aromatic hydroxyl groups is 1. The summed E-state index contributed by atoms with van der Waals surface area (Å²) in [5.41, 5.74) is 1.13. The van der Waals surface area contributed by atoms with Crippen LogP contribution in [-0.4, -0.2) is 18.3 Å². The lowest BCUT2D eigenvalue weighted by molar-refractivity contribution is 0.371. The van der Waals surface area contributed by atoms with Gasteiger partial charge in [0.15, 0.2) is 11.5 Å². The predicted molar refractivity (Wildman–Crippen MR) is 84.4 cm³/mol. The van der Waals surface area contributed by atoms with E-state index in [1.807, 2.05) is 12.1 Å². The number of hydrogen-bond donors (Lipinski definition) is 2. The van der Waals surface area contributed by atoms with Crippen molar-refractivity contribution in [3.63, 3.8) is 0 Å². The third-order valence-corrected chi connectivity index (χ3v) is 3.66. The second-order valence-corrected chi connectivity index (χ2v) is 6.05. The van der Waals surface area contributed by atoms with E-state index in [1.54, 1.807) is 13.2 Å². The zero-order valence-corrected chi connectivity index (χ0v) is 13.4. The van der Waals surface area contributed by atoms with Gasteiger partial charge < -0.3 is 15.2 Å². The van der Waals surface area contributed by atoms with Crippen molar-refractivity contribution in [2.45, 2.75) is 59.0 Å². The van der Waals surface area contributed by atoms with Gasteiger partial charge in [-0.2, -0.15) is 0 Å². The third kappa shape index (κ3) is 5.41. The minimum atomic E-state index is 0.188. The Labute approximate surface area is 123 Å². The highest BCUT2D eigenvalue weighted by Gasteiger charge is 2.12. The van der Waals surface area contributed by atoms with E-state index >= 15 is 0 Å². The van der Waals surface area contributed by atoms with Crippen LogP contribution in [0.3, 0.4) is 0 Å². The lowest BCUT2D eigenvalue weighted by Crippen LogP contribution is -2.28. The summed E-state index contributed by atoms with van der Waals surface area (Å²) < 4.78 is 5.15. The van der Waals surface area contributed by atoms with Gasteiger partial charge in [0.25, 0.3) is 0 Å². The van der Waals surface area contributed by atoms with Crippen LogP contribution in [0.15, 0.2) is 18.2 Å². The molecule has 2 unspecified atom stereocenters. The topological polar surface area (TPSA) is 41.5 Å². The molecule has 1 aromatic carbocycles. The van der Waals surface area contributed by atoms with E-state index in [-0.39, 0.29) is 11.8 Å². The van der Waals surface area contributed by atoms with Crippen molar-refractivity contribution >= 4 is 0 Å². The van der Waals surface area contributed by atoms with Gasteiger partial charge in [0.05, 0.1) is 7.11 Å². The van der Waals surface area contributed by atoms with Gasteiger partial charge in [0, 0.05) is 12.1 Å². The zero-order chi connectivity index (χ0) is 15.1. The monoisotopic (exact) mass is 279 g/mol. The second-order valence-electron chi connectivity index (χ2n) is 6.05. The minimum Gasteiger partial charge on any atom is -0.504 e. The fraction of sp³-hybridized carbons (Fsp3) is 0.647. The van der Waals surface area contributed by atoms with Crippen molar-refractivity contribution in [1.82, 2.24) is 5.32 Å². The van der Waals surface area contributed by atoms with Crippen LogP contribution in [0.1, 0.15) is 58.6 Å². The van der Waals surface area contributed by atoms with Gasteiger partial charge in [-0.1, -0.05) is 32.8 Å². The predicted octanol–water partition coefficient (Wildman–Crippen LogP) is 4.27. The van der Waals surface area contributed by atoms with E-state index in [1.165, 1.54) is 19.3 Å². The van der Waals surface area contributed by atoms with Crippen molar-refractivity contribution in [3.8, 4) is 11.5 Å². The summed E-state index contributed by atoms with van der Waals surface area (Å²) in [5.74, 6) is 1.50. The van der Waals surface area contributed by atoms with E-state index in [0.717, 1.165) is 11.5 Å². The molecule has 2 atom stereocenters. The maximum absolute atomic E-state index is 9.62. The molecule has 0 aliphatic heterocycles. The summed E-state index contributed by atoms with van der Waals surface area (Å²) in [4.78, 5) is 0. The van der Waals surface area contributed by atoms with Crippen molar-refractivity contribution < 1.29 is 9.84 Å². The average Bonchev–Trinajstić information content (AvgIpc) is 2.38. The van der Waals surface area contributed by atoms with Crippen LogP contribution in [0.4, 0.5) is 0 Å². The van der Waals surface area contributed by atoms with Crippen LogP contribution in [0.25, 0.3) is 0 Å². The molecule has 0 heterocycles. The van der Waals surface area contributed by atoms with Crippen molar-refractivity contribution in [2.24, 2.45) is 5.92 Å². The largest absolute Gasteiger partial charge is 0.504 e. The quantitative estimate of drug-likeness (QED) is 0.747. The SMILES string of the molecule is COc1cc(C(C)NC(C)CCCC(C)C)ccc1O. The molecule has 0 bridgehead atoms.